The first-order valence-electron chi connectivity index (χ1n) is 8.88. The molecule has 0 aliphatic rings. The van der Waals surface area contributed by atoms with Crippen molar-refractivity contribution in [3.05, 3.63) is 84.9 Å². The molecule has 0 heterocycles. The van der Waals surface area contributed by atoms with E-state index in [1.807, 2.05) is 44.2 Å². The average Bonchev–Trinajstić information content (AvgIpc) is 2.69. The van der Waals surface area contributed by atoms with Gasteiger partial charge in [-0.15, -0.1) is 0 Å². The normalized spacial score (nSPS) is 11.3. The van der Waals surface area contributed by atoms with Crippen LogP contribution in [0.4, 0.5) is 0 Å². The summed E-state index contributed by atoms with van der Waals surface area (Å²) in [5, 5.41) is 0. The van der Waals surface area contributed by atoms with Crippen molar-refractivity contribution in [3.8, 4) is 5.75 Å². The number of ether oxygens (including phenoxy) is 2. The molecule has 0 aliphatic carbocycles. The highest BCUT2D eigenvalue weighted by molar-refractivity contribution is 14.1. The molecule has 0 fully saturated rings. The molecule has 0 radical (unpaired) electrons. The predicted molar refractivity (Wildman–Crippen MR) is 121 cm³/mol. The highest BCUT2D eigenvalue weighted by Gasteiger charge is 2.29. The van der Waals surface area contributed by atoms with E-state index < -0.39 is 3.42 Å². The number of alkyl halides is 1. The minimum Gasteiger partial charge on any atom is -0.457 e. The smallest absolute Gasteiger partial charge is 0.324 e. The Hall–Kier alpha value is -1.99. The Kier molecular flexibility index (Phi) is 7.02. The largest absolute Gasteiger partial charge is 0.457 e. The molecule has 28 heavy (non-hydrogen) atoms. The van der Waals surface area contributed by atoms with Crippen LogP contribution in [0, 0.1) is 0 Å². The lowest BCUT2D eigenvalue weighted by Gasteiger charge is -2.15. The van der Waals surface area contributed by atoms with Gasteiger partial charge >= 0.3 is 5.97 Å². The van der Waals surface area contributed by atoms with Gasteiger partial charge in [0, 0.05) is 6.07 Å². The van der Waals surface area contributed by atoms with Gasteiger partial charge in [0.1, 0.15) is 9.17 Å². The second-order valence-corrected chi connectivity index (χ2v) is 11.3. The van der Waals surface area contributed by atoms with Crippen LogP contribution in [0.15, 0.2) is 99.6 Å². The molecule has 3 aromatic rings. The Morgan fingerprint density at radius 1 is 0.857 bits per heavy atom. The van der Waals surface area contributed by atoms with E-state index in [9.17, 15) is 4.79 Å². The molecule has 0 saturated heterocycles. The van der Waals surface area contributed by atoms with Crippen LogP contribution in [0.3, 0.4) is 0 Å². The summed E-state index contributed by atoms with van der Waals surface area (Å²) in [6.07, 6.45) is 0. The molecule has 0 aromatic heterocycles. The number of carbonyl (C=O) groups is 1. The number of carbonyl (C=O) groups excluding carboxylic acids is 1. The Morgan fingerprint density at radius 3 is 1.93 bits per heavy atom. The van der Waals surface area contributed by atoms with E-state index in [1.54, 1.807) is 0 Å². The molecule has 5 heteroatoms. The van der Waals surface area contributed by atoms with E-state index in [1.165, 1.54) is 9.79 Å². The van der Waals surface area contributed by atoms with Crippen molar-refractivity contribution in [2.75, 3.05) is 6.79 Å². The van der Waals surface area contributed by atoms with Gasteiger partial charge in [-0.25, -0.2) is 0 Å². The summed E-state index contributed by atoms with van der Waals surface area (Å²) in [5.74, 6) is 0.388. The number of esters is 1. The van der Waals surface area contributed by atoms with Crippen LogP contribution in [0.25, 0.3) is 0 Å². The second kappa shape index (κ2) is 9.47. The maximum atomic E-state index is 11.9. The number of benzene rings is 3. The van der Waals surface area contributed by atoms with Crippen LogP contribution in [0.1, 0.15) is 13.8 Å². The Balaban J connectivity index is 1.82. The fourth-order valence-corrected chi connectivity index (χ4v) is 4.81. The monoisotopic (exact) mass is 505 g/mol. The van der Waals surface area contributed by atoms with Crippen molar-refractivity contribution >= 4 is 39.5 Å². The van der Waals surface area contributed by atoms with Crippen molar-refractivity contribution in [2.24, 2.45) is 0 Å². The molecule has 0 amide bonds. The highest BCUT2D eigenvalue weighted by atomic mass is 127. The summed E-state index contributed by atoms with van der Waals surface area (Å²) in [6, 6.07) is 28.9. The highest BCUT2D eigenvalue weighted by Crippen LogP contribution is 2.32. The van der Waals surface area contributed by atoms with E-state index in [-0.39, 0.29) is 23.7 Å². The van der Waals surface area contributed by atoms with Crippen LogP contribution in [-0.4, -0.2) is 16.2 Å². The topological polar surface area (TPSA) is 35.5 Å². The van der Waals surface area contributed by atoms with Crippen LogP contribution < -0.4 is 4.74 Å². The van der Waals surface area contributed by atoms with Crippen molar-refractivity contribution in [1.29, 1.82) is 0 Å². The zero-order valence-corrected chi connectivity index (χ0v) is 18.8. The lowest BCUT2D eigenvalue weighted by Crippen LogP contribution is -2.27. The maximum absolute atomic E-state index is 11.9. The Morgan fingerprint density at radius 2 is 1.39 bits per heavy atom. The van der Waals surface area contributed by atoms with Gasteiger partial charge in [-0.05, 0) is 50.2 Å². The first kappa shape index (κ1) is 20.7. The van der Waals surface area contributed by atoms with E-state index in [0.29, 0.717) is 5.75 Å². The minimum absolute atomic E-state index is 0.0980. The molecule has 3 nitrogen and oxygen atoms in total. The maximum Gasteiger partial charge on any atom is 0.324 e. The third-order valence-electron chi connectivity index (χ3n) is 3.90. The first-order valence-corrected chi connectivity index (χ1v) is 11.2. The molecular formula is C23H22IO3S+. The van der Waals surface area contributed by atoms with Gasteiger partial charge in [0.15, 0.2) is 14.7 Å². The summed E-state index contributed by atoms with van der Waals surface area (Å²) < 4.78 is 10.3. The summed E-state index contributed by atoms with van der Waals surface area (Å²) >= 11 is 2.05. The summed E-state index contributed by atoms with van der Waals surface area (Å²) in [6.45, 7) is 3.52. The van der Waals surface area contributed by atoms with Crippen molar-refractivity contribution in [1.82, 2.24) is 0 Å². The van der Waals surface area contributed by atoms with Gasteiger partial charge in [0.25, 0.3) is 0 Å². The standard InChI is InChI=1S/C23H22IO3S/c1-23(2,24)22(25)27-17-26-18-10-9-15-21(16-18)28(19-11-5-3-6-12-19)20-13-7-4-8-14-20/h3-16H,17H2,1-2H3/q+1. The molecule has 0 unspecified atom stereocenters. The van der Waals surface area contributed by atoms with Crippen LogP contribution in [0.2, 0.25) is 0 Å². The minimum atomic E-state index is -0.573. The zero-order chi connectivity index (χ0) is 20.0. The number of hydrogen-bond acceptors (Lipinski definition) is 3. The van der Waals surface area contributed by atoms with Crippen LogP contribution >= 0.6 is 22.6 Å². The fourth-order valence-electron chi connectivity index (χ4n) is 2.54. The third kappa shape index (κ3) is 5.52. The fraction of sp³-hybridized carbons (Fsp3) is 0.174. The number of hydrogen-bond donors (Lipinski definition) is 0. The van der Waals surface area contributed by atoms with Crippen molar-refractivity contribution in [2.45, 2.75) is 32.0 Å². The Labute approximate surface area is 182 Å². The summed E-state index contributed by atoms with van der Waals surface area (Å²) in [4.78, 5) is 15.5. The second-order valence-electron chi connectivity index (χ2n) is 6.57. The Bertz CT molecular complexity index is 868. The van der Waals surface area contributed by atoms with E-state index in [4.69, 9.17) is 9.47 Å². The van der Waals surface area contributed by atoms with Gasteiger partial charge in [-0.1, -0.05) is 65.1 Å². The van der Waals surface area contributed by atoms with E-state index >= 15 is 0 Å². The number of rotatable bonds is 7. The van der Waals surface area contributed by atoms with Crippen molar-refractivity contribution in [3.63, 3.8) is 0 Å². The van der Waals surface area contributed by atoms with Crippen LogP contribution in [0.5, 0.6) is 5.75 Å². The van der Waals surface area contributed by atoms with Gasteiger partial charge in [-0.2, -0.15) is 0 Å². The van der Waals surface area contributed by atoms with Gasteiger partial charge in [0.05, 0.1) is 10.9 Å². The first-order chi connectivity index (χ1) is 13.4. The predicted octanol–water partition coefficient (Wildman–Crippen LogP) is 5.88. The van der Waals surface area contributed by atoms with Gasteiger partial charge in [0.2, 0.25) is 6.79 Å². The van der Waals surface area contributed by atoms with Gasteiger partial charge in [-0.3, -0.25) is 4.79 Å². The molecule has 0 N–H and O–H groups in total. The molecule has 0 spiro atoms. The zero-order valence-electron chi connectivity index (χ0n) is 15.8. The molecule has 0 aliphatic heterocycles. The van der Waals surface area contributed by atoms with Crippen molar-refractivity contribution < 1.29 is 14.3 Å². The van der Waals surface area contributed by atoms with Crippen LogP contribution in [-0.2, 0) is 20.4 Å². The molecule has 0 atom stereocenters. The SMILES string of the molecule is CC(C)(I)C(=O)OCOc1cccc([S+](c2ccccc2)c2ccccc2)c1. The molecular weight excluding hydrogens is 483 g/mol. The lowest BCUT2D eigenvalue weighted by molar-refractivity contribution is -0.151. The molecule has 0 saturated carbocycles. The summed E-state index contributed by atoms with van der Waals surface area (Å²) in [7, 11) is -0.242. The molecule has 3 rings (SSSR count). The molecule has 3 aromatic carbocycles. The molecule has 144 valence electrons. The van der Waals surface area contributed by atoms with E-state index in [2.05, 4.69) is 77.2 Å². The molecule has 0 bridgehead atoms. The van der Waals surface area contributed by atoms with E-state index in [0.717, 1.165) is 4.90 Å². The van der Waals surface area contributed by atoms with Gasteiger partial charge < -0.3 is 9.47 Å². The quantitative estimate of drug-likeness (QED) is 0.132. The third-order valence-corrected chi connectivity index (χ3v) is 6.55. The lowest BCUT2D eigenvalue weighted by atomic mass is 10.2. The average molecular weight is 505 g/mol. The summed E-state index contributed by atoms with van der Waals surface area (Å²) in [5.41, 5.74) is 0. The number of halogens is 1.